The molecular formula is C10H8KNO3S. The second-order valence-electron chi connectivity index (χ2n) is 2.91. The van der Waals surface area contributed by atoms with Crippen LogP contribution in [0.1, 0.15) is 32.7 Å². The molecule has 0 bridgehead atoms. The average molecular weight is 261 g/mol. The van der Waals surface area contributed by atoms with Crippen LogP contribution in [0.3, 0.4) is 0 Å². The number of carboxylic acid groups (broad SMARTS) is 1. The molecule has 0 aliphatic rings. The zero-order chi connectivity index (χ0) is 11.4. The molecule has 1 aromatic rings. The van der Waals surface area contributed by atoms with Crippen LogP contribution in [0.2, 0.25) is 0 Å². The van der Waals surface area contributed by atoms with Crippen molar-refractivity contribution in [2.24, 2.45) is 5.92 Å². The fraction of sp³-hybridized carbons (Fsp3) is 0.300. The summed E-state index contributed by atoms with van der Waals surface area (Å²) in [5, 5.41) is 19.1. The van der Waals surface area contributed by atoms with Crippen LogP contribution in [-0.4, -0.2) is 11.8 Å². The van der Waals surface area contributed by atoms with Crippen LogP contribution in [0, 0.1) is 17.2 Å². The molecule has 0 radical (unpaired) electrons. The van der Waals surface area contributed by atoms with Crippen molar-refractivity contribution in [1.82, 2.24) is 0 Å². The van der Waals surface area contributed by atoms with Gasteiger partial charge in [0, 0.05) is 0 Å². The minimum Gasteiger partial charge on any atom is -0.544 e. The Labute approximate surface area is 140 Å². The minimum atomic E-state index is -1.30. The molecule has 0 fully saturated rings. The molecule has 16 heavy (non-hydrogen) atoms. The molecule has 0 aliphatic heterocycles. The Kier molecular flexibility index (Phi) is 7.31. The molecule has 0 saturated carbocycles. The van der Waals surface area contributed by atoms with Gasteiger partial charge >= 0.3 is 51.4 Å². The predicted octanol–water partition coefficient (Wildman–Crippen LogP) is -2.15. The molecule has 1 rings (SSSR count). The Morgan fingerprint density at radius 1 is 1.50 bits per heavy atom. The molecule has 0 aromatic carbocycles. The van der Waals surface area contributed by atoms with E-state index in [1.807, 2.05) is 6.07 Å². The molecule has 4 nitrogen and oxygen atoms in total. The number of thiophene rings is 1. The van der Waals surface area contributed by atoms with E-state index in [4.69, 9.17) is 5.26 Å². The van der Waals surface area contributed by atoms with E-state index in [0.29, 0.717) is 11.3 Å². The average Bonchev–Trinajstić information content (AvgIpc) is 2.68. The molecule has 0 saturated heterocycles. The standard InChI is InChI=1S/C10H9NO3S.K/c1-2-6(5-11)9(12)7-3-4-8(15-7)10(13)14;/h3-4,6H,2H2,1H3,(H,13,14);/q;+1/p-1. The van der Waals surface area contributed by atoms with E-state index in [0.717, 1.165) is 11.3 Å². The van der Waals surface area contributed by atoms with Crippen molar-refractivity contribution >= 4 is 23.1 Å². The zero-order valence-electron chi connectivity index (χ0n) is 9.02. The zero-order valence-corrected chi connectivity index (χ0v) is 13.0. The Morgan fingerprint density at radius 3 is 2.44 bits per heavy atom. The summed E-state index contributed by atoms with van der Waals surface area (Å²) in [5.41, 5.74) is 0. The number of aromatic carboxylic acids is 1. The largest absolute Gasteiger partial charge is 1.00 e. The molecule has 78 valence electrons. The van der Waals surface area contributed by atoms with Gasteiger partial charge in [-0.2, -0.15) is 5.26 Å². The van der Waals surface area contributed by atoms with Crippen LogP contribution in [0.15, 0.2) is 12.1 Å². The van der Waals surface area contributed by atoms with E-state index in [2.05, 4.69) is 0 Å². The Morgan fingerprint density at radius 2 is 2.06 bits per heavy atom. The first-order valence-corrected chi connectivity index (χ1v) is 5.16. The van der Waals surface area contributed by atoms with Gasteiger partial charge in [-0.15, -0.1) is 11.3 Å². The monoisotopic (exact) mass is 261 g/mol. The number of rotatable bonds is 4. The molecule has 0 amide bonds. The van der Waals surface area contributed by atoms with Crippen LogP contribution in [-0.2, 0) is 0 Å². The molecule has 6 heteroatoms. The van der Waals surface area contributed by atoms with E-state index < -0.39 is 11.9 Å². The first kappa shape index (κ1) is 16.0. The van der Waals surface area contributed by atoms with Gasteiger partial charge in [-0.1, -0.05) is 6.92 Å². The van der Waals surface area contributed by atoms with Crippen LogP contribution in [0.4, 0.5) is 0 Å². The van der Waals surface area contributed by atoms with E-state index in [-0.39, 0.29) is 62.0 Å². The summed E-state index contributed by atoms with van der Waals surface area (Å²) in [6.07, 6.45) is 0.424. The number of nitriles is 1. The molecule has 0 spiro atoms. The van der Waals surface area contributed by atoms with Gasteiger partial charge in [0.15, 0.2) is 5.78 Å². The number of hydrogen-bond acceptors (Lipinski definition) is 5. The maximum atomic E-state index is 11.6. The van der Waals surface area contributed by atoms with Crippen LogP contribution in [0.5, 0.6) is 0 Å². The molecule has 0 aliphatic carbocycles. The number of carbonyl (C=O) groups is 2. The summed E-state index contributed by atoms with van der Waals surface area (Å²) < 4.78 is 0. The molecule has 1 heterocycles. The third-order valence-electron chi connectivity index (χ3n) is 1.93. The number of ketones is 1. The number of hydrogen-bond donors (Lipinski definition) is 0. The van der Waals surface area contributed by atoms with Gasteiger partial charge < -0.3 is 9.90 Å². The van der Waals surface area contributed by atoms with Crippen molar-refractivity contribution in [2.45, 2.75) is 13.3 Å². The van der Waals surface area contributed by atoms with Gasteiger partial charge in [-0.05, 0) is 18.6 Å². The summed E-state index contributed by atoms with van der Waals surface area (Å²) >= 11 is 0.845. The fourth-order valence-corrected chi connectivity index (χ4v) is 1.92. The van der Waals surface area contributed by atoms with E-state index in [1.165, 1.54) is 12.1 Å². The van der Waals surface area contributed by atoms with E-state index in [9.17, 15) is 14.7 Å². The SMILES string of the molecule is CCC(C#N)C(=O)c1ccc(C(=O)[O-])s1.[K+]. The number of carbonyl (C=O) groups excluding carboxylic acids is 2. The van der Waals surface area contributed by atoms with Crippen molar-refractivity contribution in [3.63, 3.8) is 0 Å². The quantitative estimate of drug-likeness (QED) is 0.457. The topological polar surface area (TPSA) is 81.0 Å². The molecule has 1 atom stereocenters. The van der Waals surface area contributed by atoms with Gasteiger partial charge in [0.25, 0.3) is 0 Å². The number of Topliss-reactive ketones (excluding diaryl/α,β-unsaturated/α-hetero) is 1. The third-order valence-corrected chi connectivity index (χ3v) is 3.01. The molecule has 0 N–H and O–H groups in total. The maximum absolute atomic E-state index is 11.6. The van der Waals surface area contributed by atoms with Crippen molar-refractivity contribution in [3.05, 3.63) is 21.9 Å². The summed E-state index contributed by atoms with van der Waals surface area (Å²) in [5.74, 6) is -2.32. The normalized spacial score (nSPS) is 11.0. The van der Waals surface area contributed by atoms with Gasteiger partial charge in [0.1, 0.15) is 5.92 Å². The summed E-state index contributed by atoms with van der Waals surface area (Å²) in [4.78, 5) is 22.4. The predicted molar refractivity (Wildman–Crippen MR) is 52.4 cm³/mol. The second kappa shape index (κ2) is 7.32. The second-order valence-corrected chi connectivity index (χ2v) is 3.99. The Hall–Kier alpha value is -0.0336. The van der Waals surface area contributed by atoms with Crippen molar-refractivity contribution in [3.8, 4) is 6.07 Å². The minimum absolute atomic E-state index is 0. The fourth-order valence-electron chi connectivity index (χ4n) is 1.09. The van der Waals surface area contributed by atoms with Gasteiger partial charge in [-0.25, -0.2) is 0 Å². The van der Waals surface area contributed by atoms with E-state index >= 15 is 0 Å². The van der Waals surface area contributed by atoms with Crippen molar-refractivity contribution in [1.29, 1.82) is 5.26 Å². The van der Waals surface area contributed by atoms with Crippen LogP contribution < -0.4 is 56.5 Å². The first-order valence-electron chi connectivity index (χ1n) is 4.35. The van der Waals surface area contributed by atoms with Gasteiger partial charge in [-0.3, -0.25) is 4.79 Å². The van der Waals surface area contributed by atoms with Crippen molar-refractivity contribution < 1.29 is 66.1 Å². The summed E-state index contributed by atoms with van der Waals surface area (Å²) in [6.45, 7) is 1.74. The molecule has 1 aromatic heterocycles. The van der Waals surface area contributed by atoms with Crippen LogP contribution >= 0.6 is 11.3 Å². The number of carboxylic acids is 1. The third kappa shape index (κ3) is 3.77. The first-order chi connectivity index (χ1) is 7.10. The summed E-state index contributed by atoms with van der Waals surface area (Å²) in [6, 6.07) is 4.61. The molecular weight excluding hydrogens is 253 g/mol. The van der Waals surface area contributed by atoms with Crippen molar-refractivity contribution in [2.75, 3.05) is 0 Å². The number of nitrogens with zero attached hydrogens (tertiary/aromatic N) is 1. The Balaban J connectivity index is 0.00000225. The smallest absolute Gasteiger partial charge is 0.544 e. The van der Waals surface area contributed by atoms with E-state index in [1.54, 1.807) is 6.92 Å². The Bertz CT molecular complexity index is 436. The van der Waals surface area contributed by atoms with Crippen LogP contribution in [0.25, 0.3) is 0 Å². The van der Waals surface area contributed by atoms with Gasteiger partial charge in [0.05, 0.1) is 21.8 Å². The molecule has 1 unspecified atom stereocenters. The van der Waals surface area contributed by atoms with Gasteiger partial charge in [0.2, 0.25) is 0 Å². The maximum Gasteiger partial charge on any atom is 1.00 e. The summed E-state index contributed by atoms with van der Waals surface area (Å²) in [7, 11) is 0.